The van der Waals surface area contributed by atoms with Gasteiger partial charge < -0.3 is 11.1 Å². The van der Waals surface area contributed by atoms with E-state index < -0.39 is 0 Å². The van der Waals surface area contributed by atoms with Gasteiger partial charge in [-0.05, 0) is 56.8 Å². The first-order valence-electron chi connectivity index (χ1n) is 6.32. The zero-order valence-electron chi connectivity index (χ0n) is 10.4. The smallest absolute Gasteiger partial charge is 0.123 e. The molecule has 0 unspecified atom stereocenters. The minimum absolute atomic E-state index is 0.147. The second-order valence-corrected chi connectivity index (χ2v) is 5.17. The maximum atomic E-state index is 12.9. The molecular formula is C14H21FN2. The summed E-state index contributed by atoms with van der Waals surface area (Å²) < 4.78 is 12.9. The maximum Gasteiger partial charge on any atom is 0.123 e. The molecule has 1 aliphatic rings. The van der Waals surface area contributed by atoms with Gasteiger partial charge in [0.15, 0.2) is 0 Å². The van der Waals surface area contributed by atoms with Crippen molar-refractivity contribution in [2.45, 2.75) is 43.7 Å². The lowest BCUT2D eigenvalue weighted by Crippen LogP contribution is -2.49. The van der Waals surface area contributed by atoms with Crippen molar-refractivity contribution in [3.8, 4) is 0 Å². The summed E-state index contributed by atoms with van der Waals surface area (Å²) in [4.78, 5) is 0. The molecule has 1 aliphatic carbocycles. The van der Waals surface area contributed by atoms with Gasteiger partial charge in [0.1, 0.15) is 5.82 Å². The van der Waals surface area contributed by atoms with Crippen LogP contribution in [0.1, 0.15) is 31.2 Å². The van der Waals surface area contributed by atoms with Crippen LogP contribution in [-0.4, -0.2) is 18.6 Å². The lowest BCUT2D eigenvalue weighted by atomic mass is 9.76. The average molecular weight is 236 g/mol. The number of hydrogen-bond donors (Lipinski definition) is 2. The van der Waals surface area contributed by atoms with E-state index in [4.69, 9.17) is 5.73 Å². The van der Waals surface area contributed by atoms with E-state index in [0.717, 1.165) is 32.1 Å². The van der Waals surface area contributed by atoms with E-state index in [1.54, 1.807) is 0 Å². The zero-order chi connectivity index (χ0) is 12.3. The minimum atomic E-state index is -0.169. The third-order valence-corrected chi connectivity index (χ3v) is 3.97. The zero-order valence-corrected chi connectivity index (χ0v) is 10.4. The van der Waals surface area contributed by atoms with Crippen LogP contribution in [0.3, 0.4) is 0 Å². The van der Waals surface area contributed by atoms with E-state index in [1.165, 1.54) is 17.7 Å². The molecule has 0 spiro atoms. The van der Waals surface area contributed by atoms with Crippen LogP contribution in [0.4, 0.5) is 4.39 Å². The van der Waals surface area contributed by atoms with Gasteiger partial charge in [-0.1, -0.05) is 12.1 Å². The summed E-state index contributed by atoms with van der Waals surface area (Å²) >= 11 is 0. The van der Waals surface area contributed by atoms with Crippen molar-refractivity contribution in [3.05, 3.63) is 35.6 Å². The molecule has 1 aromatic carbocycles. The Kier molecular flexibility index (Phi) is 3.79. The van der Waals surface area contributed by atoms with Crippen LogP contribution in [0.25, 0.3) is 0 Å². The van der Waals surface area contributed by atoms with Crippen molar-refractivity contribution in [1.29, 1.82) is 0 Å². The fraction of sp³-hybridized carbons (Fsp3) is 0.571. The van der Waals surface area contributed by atoms with Gasteiger partial charge in [0, 0.05) is 11.6 Å². The molecule has 1 fully saturated rings. The molecule has 1 saturated carbocycles. The largest absolute Gasteiger partial charge is 0.328 e. The second-order valence-electron chi connectivity index (χ2n) is 5.17. The van der Waals surface area contributed by atoms with Crippen molar-refractivity contribution < 1.29 is 4.39 Å². The molecule has 0 radical (unpaired) electrons. The van der Waals surface area contributed by atoms with E-state index in [2.05, 4.69) is 5.32 Å². The Hall–Kier alpha value is -0.930. The first-order valence-corrected chi connectivity index (χ1v) is 6.32. The third-order valence-electron chi connectivity index (χ3n) is 3.97. The van der Waals surface area contributed by atoms with Crippen molar-refractivity contribution in [1.82, 2.24) is 5.32 Å². The predicted octanol–water partition coefficient (Wildman–Crippen LogP) is 2.23. The third kappa shape index (κ3) is 3.05. The lowest BCUT2D eigenvalue weighted by Gasteiger charge is -2.39. The SMILES string of the molecule is CNC1(Cc2ccc(F)cc2)CCC(N)CC1. The molecule has 2 nitrogen and oxygen atoms in total. The summed E-state index contributed by atoms with van der Waals surface area (Å²) in [6, 6.07) is 7.18. The molecule has 94 valence electrons. The molecule has 0 heterocycles. The van der Waals surface area contributed by atoms with Crippen LogP contribution in [0, 0.1) is 5.82 Å². The fourth-order valence-corrected chi connectivity index (χ4v) is 2.70. The molecule has 2 rings (SSSR count). The first kappa shape index (κ1) is 12.5. The van der Waals surface area contributed by atoms with E-state index in [9.17, 15) is 4.39 Å². The van der Waals surface area contributed by atoms with E-state index in [0.29, 0.717) is 6.04 Å². The van der Waals surface area contributed by atoms with Crippen LogP contribution < -0.4 is 11.1 Å². The van der Waals surface area contributed by atoms with E-state index >= 15 is 0 Å². The maximum absolute atomic E-state index is 12.9. The van der Waals surface area contributed by atoms with Gasteiger partial charge in [-0.3, -0.25) is 0 Å². The Bertz CT molecular complexity index is 353. The van der Waals surface area contributed by atoms with Gasteiger partial charge in [0.25, 0.3) is 0 Å². The molecular weight excluding hydrogens is 215 g/mol. The number of likely N-dealkylation sites (N-methyl/N-ethyl adjacent to an activating group) is 1. The number of halogens is 1. The van der Waals surface area contributed by atoms with E-state index in [-0.39, 0.29) is 11.4 Å². The molecule has 3 heteroatoms. The topological polar surface area (TPSA) is 38.0 Å². The Labute approximate surface area is 102 Å². The molecule has 0 saturated heterocycles. The van der Waals surface area contributed by atoms with Crippen LogP contribution in [0.15, 0.2) is 24.3 Å². The van der Waals surface area contributed by atoms with Crippen molar-refractivity contribution in [2.24, 2.45) is 5.73 Å². The summed E-state index contributed by atoms with van der Waals surface area (Å²) in [5, 5.41) is 3.45. The molecule has 3 N–H and O–H groups in total. The van der Waals surface area contributed by atoms with Gasteiger partial charge >= 0.3 is 0 Å². The molecule has 1 aromatic rings. The highest BCUT2D eigenvalue weighted by atomic mass is 19.1. The Balaban J connectivity index is 2.06. The normalized spacial score (nSPS) is 29.2. The van der Waals surface area contributed by atoms with E-state index in [1.807, 2.05) is 19.2 Å². The molecule has 0 atom stereocenters. The van der Waals surface area contributed by atoms with Crippen LogP contribution in [0.2, 0.25) is 0 Å². The molecule has 0 amide bonds. The number of rotatable bonds is 3. The van der Waals surface area contributed by atoms with Gasteiger partial charge in [0.05, 0.1) is 0 Å². The lowest BCUT2D eigenvalue weighted by molar-refractivity contribution is 0.228. The van der Waals surface area contributed by atoms with Crippen molar-refractivity contribution >= 4 is 0 Å². The highest BCUT2D eigenvalue weighted by Crippen LogP contribution is 2.30. The number of nitrogens with one attached hydrogen (secondary N) is 1. The second kappa shape index (κ2) is 5.15. The molecule has 17 heavy (non-hydrogen) atoms. The summed E-state index contributed by atoms with van der Waals surface area (Å²) in [5.74, 6) is -0.169. The van der Waals surface area contributed by atoms with Gasteiger partial charge in [-0.15, -0.1) is 0 Å². The number of hydrogen-bond acceptors (Lipinski definition) is 2. The van der Waals surface area contributed by atoms with Gasteiger partial charge in [0.2, 0.25) is 0 Å². The fourth-order valence-electron chi connectivity index (χ4n) is 2.70. The van der Waals surface area contributed by atoms with Crippen LogP contribution in [0.5, 0.6) is 0 Å². The summed E-state index contributed by atoms with van der Waals surface area (Å²) in [7, 11) is 2.01. The summed E-state index contributed by atoms with van der Waals surface area (Å²) in [6.45, 7) is 0. The van der Waals surface area contributed by atoms with Gasteiger partial charge in [-0.25, -0.2) is 4.39 Å². The Morgan fingerprint density at radius 3 is 2.41 bits per heavy atom. The Morgan fingerprint density at radius 2 is 1.88 bits per heavy atom. The standard InChI is InChI=1S/C14H21FN2/c1-17-14(8-6-13(16)7-9-14)10-11-2-4-12(15)5-3-11/h2-5,13,17H,6-10,16H2,1H3. The highest BCUT2D eigenvalue weighted by molar-refractivity contribution is 5.19. The van der Waals surface area contributed by atoms with Crippen molar-refractivity contribution in [3.63, 3.8) is 0 Å². The van der Waals surface area contributed by atoms with Gasteiger partial charge in [-0.2, -0.15) is 0 Å². The first-order chi connectivity index (χ1) is 8.13. The summed E-state index contributed by atoms with van der Waals surface area (Å²) in [6.07, 6.45) is 5.30. The number of benzene rings is 1. The van der Waals surface area contributed by atoms with Crippen LogP contribution in [-0.2, 0) is 6.42 Å². The minimum Gasteiger partial charge on any atom is -0.328 e. The molecule has 0 aromatic heterocycles. The number of nitrogens with two attached hydrogens (primary N) is 1. The van der Waals surface area contributed by atoms with Crippen LogP contribution >= 0.6 is 0 Å². The van der Waals surface area contributed by atoms with Crippen molar-refractivity contribution in [2.75, 3.05) is 7.05 Å². The molecule has 0 aliphatic heterocycles. The predicted molar refractivity (Wildman–Crippen MR) is 68.3 cm³/mol. The highest BCUT2D eigenvalue weighted by Gasteiger charge is 2.32. The average Bonchev–Trinajstić information content (AvgIpc) is 2.35. The monoisotopic (exact) mass is 236 g/mol. The molecule has 0 bridgehead atoms. The Morgan fingerprint density at radius 1 is 1.29 bits per heavy atom. The summed E-state index contributed by atoms with van der Waals surface area (Å²) in [5.41, 5.74) is 7.28. The quantitative estimate of drug-likeness (QED) is 0.844.